The molecule has 1 unspecified atom stereocenters. The van der Waals surface area contributed by atoms with Crippen LogP contribution < -0.4 is 9.46 Å². The van der Waals surface area contributed by atoms with E-state index in [0.717, 1.165) is 16.5 Å². The molecular weight excluding hydrogens is 377 g/mol. The van der Waals surface area contributed by atoms with Crippen LogP contribution in [0.15, 0.2) is 90.3 Å². The minimum Gasteiger partial charge on any atom is -0.488 e. The van der Waals surface area contributed by atoms with Crippen LogP contribution in [0.2, 0.25) is 0 Å². The molecule has 4 nitrogen and oxygen atoms in total. The van der Waals surface area contributed by atoms with Crippen molar-refractivity contribution in [1.29, 1.82) is 0 Å². The lowest BCUT2D eigenvalue weighted by atomic mass is 10.1. The predicted octanol–water partition coefficient (Wildman–Crippen LogP) is 4.54. The second-order valence-electron chi connectivity index (χ2n) is 6.08. The second-order valence-corrected chi connectivity index (χ2v) is 7.68. The number of rotatable bonds is 8. The maximum absolute atomic E-state index is 13.8. The van der Waals surface area contributed by atoms with E-state index in [9.17, 15) is 12.8 Å². The molecule has 0 fully saturated rings. The van der Waals surface area contributed by atoms with E-state index in [1.54, 1.807) is 36.4 Å². The fourth-order valence-corrected chi connectivity index (χ4v) is 3.60. The van der Waals surface area contributed by atoms with Crippen molar-refractivity contribution in [3.63, 3.8) is 0 Å². The molecule has 0 bridgehead atoms. The van der Waals surface area contributed by atoms with Gasteiger partial charge in [-0.3, -0.25) is 0 Å². The van der Waals surface area contributed by atoms with Crippen molar-refractivity contribution >= 4 is 16.1 Å². The van der Waals surface area contributed by atoms with Gasteiger partial charge in [-0.05, 0) is 29.3 Å². The smallest absolute Gasteiger partial charge is 0.234 e. The summed E-state index contributed by atoms with van der Waals surface area (Å²) in [4.78, 5) is 0. The molecule has 0 aromatic heterocycles. The number of benzene rings is 3. The Morgan fingerprint density at radius 1 is 0.893 bits per heavy atom. The van der Waals surface area contributed by atoms with Crippen LogP contribution in [0.5, 0.6) is 5.75 Å². The van der Waals surface area contributed by atoms with Gasteiger partial charge in [0.05, 0.1) is 6.04 Å². The molecular formula is C22H20FNO3S. The number of nitrogens with one attached hydrogen (secondary N) is 1. The number of hydrogen-bond acceptors (Lipinski definition) is 3. The molecule has 3 aromatic rings. The lowest BCUT2D eigenvalue weighted by Crippen LogP contribution is -2.31. The first-order valence-corrected chi connectivity index (χ1v) is 10.3. The predicted molar refractivity (Wildman–Crippen MR) is 109 cm³/mol. The largest absolute Gasteiger partial charge is 0.488 e. The zero-order valence-electron chi connectivity index (χ0n) is 15.0. The summed E-state index contributed by atoms with van der Waals surface area (Å²) >= 11 is 0. The quantitative estimate of drug-likeness (QED) is 0.607. The number of ether oxygens (including phenoxy) is 1. The summed E-state index contributed by atoms with van der Waals surface area (Å²) in [6.07, 6.45) is 1.52. The van der Waals surface area contributed by atoms with Gasteiger partial charge in [-0.25, -0.2) is 17.5 Å². The van der Waals surface area contributed by atoms with Crippen LogP contribution in [-0.4, -0.2) is 15.0 Å². The summed E-state index contributed by atoms with van der Waals surface area (Å²) in [7, 11) is -3.75. The maximum Gasteiger partial charge on any atom is 0.234 e. The Morgan fingerprint density at radius 2 is 1.50 bits per heavy atom. The zero-order valence-corrected chi connectivity index (χ0v) is 15.8. The molecule has 0 heterocycles. The third-order valence-electron chi connectivity index (χ3n) is 3.99. The molecule has 3 rings (SSSR count). The second kappa shape index (κ2) is 9.30. The van der Waals surface area contributed by atoms with Gasteiger partial charge in [-0.15, -0.1) is 0 Å². The van der Waals surface area contributed by atoms with Crippen LogP contribution >= 0.6 is 0 Å². The van der Waals surface area contributed by atoms with Gasteiger partial charge in [-0.1, -0.05) is 72.8 Å². The fourth-order valence-electron chi connectivity index (χ4n) is 2.59. The summed E-state index contributed by atoms with van der Waals surface area (Å²) in [6.45, 7) is -0.0522. The molecule has 0 aliphatic carbocycles. The first kappa shape index (κ1) is 19.8. The number of para-hydroxylation sites is 1. The van der Waals surface area contributed by atoms with E-state index in [1.165, 1.54) is 18.2 Å². The number of sulfonamides is 1. The Labute approximate surface area is 164 Å². The number of halogens is 1. The van der Waals surface area contributed by atoms with Gasteiger partial charge in [-0.2, -0.15) is 0 Å². The molecule has 144 valence electrons. The van der Waals surface area contributed by atoms with Crippen molar-refractivity contribution in [2.75, 3.05) is 6.61 Å². The summed E-state index contributed by atoms with van der Waals surface area (Å²) in [5.74, 6) is -0.427. The van der Waals surface area contributed by atoms with Gasteiger partial charge in [0, 0.05) is 5.41 Å². The monoisotopic (exact) mass is 397 g/mol. The SMILES string of the molecule is O=S(=O)(/C=C/c1ccccc1)NC(COc1ccccc1F)c1ccccc1. The lowest BCUT2D eigenvalue weighted by Gasteiger charge is -2.19. The summed E-state index contributed by atoms with van der Waals surface area (Å²) in [5, 5.41) is 1.11. The van der Waals surface area contributed by atoms with E-state index in [2.05, 4.69) is 4.72 Å². The molecule has 0 spiro atoms. The van der Waals surface area contributed by atoms with Crippen molar-refractivity contribution in [2.24, 2.45) is 0 Å². The van der Waals surface area contributed by atoms with E-state index in [-0.39, 0.29) is 12.4 Å². The minimum absolute atomic E-state index is 0.0522. The highest BCUT2D eigenvalue weighted by Gasteiger charge is 2.19. The first-order chi connectivity index (χ1) is 13.5. The molecule has 1 N–H and O–H groups in total. The Balaban J connectivity index is 1.77. The maximum atomic E-state index is 13.8. The Morgan fingerprint density at radius 3 is 2.18 bits per heavy atom. The summed E-state index contributed by atoms with van der Waals surface area (Å²) in [5.41, 5.74) is 1.49. The van der Waals surface area contributed by atoms with Gasteiger partial charge in [0.2, 0.25) is 10.0 Å². The third kappa shape index (κ3) is 5.77. The van der Waals surface area contributed by atoms with Gasteiger partial charge in [0.25, 0.3) is 0 Å². The molecule has 0 radical (unpaired) electrons. The molecule has 0 amide bonds. The van der Waals surface area contributed by atoms with Crippen LogP contribution in [0, 0.1) is 5.82 Å². The highest BCUT2D eigenvalue weighted by Crippen LogP contribution is 2.20. The van der Waals surface area contributed by atoms with E-state index in [4.69, 9.17) is 4.74 Å². The van der Waals surface area contributed by atoms with Crippen molar-refractivity contribution in [1.82, 2.24) is 4.72 Å². The Bertz CT molecular complexity index is 1020. The average Bonchev–Trinajstić information content (AvgIpc) is 2.72. The normalized spacial score (nSPS) is 12.8. The van der Waals surface area contributed by atoms with E-state index < -0.39 is 21.9 Å². The molecule has 0 aliphatic rings. The minimum atomic E-state index is -3.75. The van der Waals surface area contributed by atoms with Crippen molar-refractivity contribution in [3.8, 4) is 5.75 Å². The number of hydrogen-bond donors (Lipinski definition) is 1. The molecule has 6 heteroatoms. The van der Waals surface area contributed by atoms with Crippen molar-refractivity contribution in [2.45, 2.75) is 6.04 Å². The average molecular weight is 397 g/mol. The molecule has 28 heavy (non-hydrogen) atoms. The first-order valence-electron chi connectivity index (χ1n) is 8.71. The highest BCUT2D eigenvalue weighted by molar-refractivity contribution is 7.92. The third-order valence-corrected chi connectivity index (χ3v) is 5.10. The molecule has 3 aromatic carbocycles. The van der Waals surface area contributed by atoms with Crippen LogP contribution in [0.3, 0.4) is 0 Å². The summed E-state index contributed by atoms with van der Waals surface area (Å²) in [6, 6.07) is 23.5. The van der Waals surface area contributed by atoms with Gasteiger partial charge in [0.15, 0.2) is 11.6 Å². The fraction of sp³-hybridized carbons (Fsp3) is 0.0909. The standard InChI is InChI=1S/C22H20FNO3S/c23-20-13-7-8-14-22(20)27-17-21(19-11-5-2-6-12-19)24-28(25,26)16-15-18-9-3-1-4-10-18/h1-16,21,24H,17H2/b16-15+. The molecule has 1 atom stereocenters. The summed E-state index contributed by atoms with van der Waals surface area (Å²) < 4.78 is 47.0. The van der Waals surface area contributed by atoms with Gasteiger partial charge in [0.1, 0.15) is 6.61 Å². The highest BCUT2D eigenvalue weighted by atomic mass is 32.2. The van der Waals surface area contributed by atoms with Crippen molar-refractivity contribution < 1.29 is 17.5 Å². The van der Waals surface area contributed by atoms with Crippen LogP contribution in [-0.2, 0) is 10.0 Å². The Kier molecular flexibility index (Phi) is 6.57. The van der Waals surface area contributed by atoms with Crippen LogP contribution in [0.4, 0.5) is 4.39 Å². The van der Waals surface area contributed by atoms with Crippen LogP contribution in [0.25, 0.3) is 6.08 Å². The topological polar surface area (TPSA) is 55.4 Å². The van der Waals surface area contributed by atoms with E-state index in [1.807, 2.05) is 36.4 Å². The zero-order chi connectivity index (χ0) is 19.8. The van der Waals surface area contributed by atoms with Gasteiger partial charge >= 0.3 is 0 Å². The molecule has 0 aliphatic heterocycles. The van der Waals surface area contributed by atoms with Gasteiger partial charge < -0.3 is 4.74 Å². The van der Waals surface area contributed by atoms with Crippen LogP contribution in [0.1, 0.15) is 17.2 Å². The Hall–Kier alpha value is -2.96. The van der Waals surface area contributed by atoms with E-state index >= 15 is 0 Å². The molecule has 0 saturated carbocycles. The lowest BCUT2D eigenvalue weighted by molar-refractivity contribution is 0.269. The van der Waals surface area contributed by atoms with E-state index in [0.29, 0.717) is 0 Å². The molecule has 0 saturated heterocycles. The van der Waals surface area contributed by atoms with Crippen molar-refractivity contribution in [3.05, 3.63) is 107 Å².